The zero-order chi connectivity index (χ0) is 21.3. The Morgan fingerprint density at radius 1 is 1.10 bits per heavy atom. The van der Waals surface area contributed by atoms with E-state index >= 15 is 0 Å². The van der Waals surface area contributed by atoms with Crippen LogP contribution in [0, 0.1) is 0 Å². The van der Waals surface area contributed by atoms with Crippen LogP contribution in [0.3, 0.4) is 0 Å². The number of hydrogen-bond donors (Lipinski definition) is 0. The lowest BCUT2D eigenvalue weighted by Gasteiger charge is -2.33. The highest BCUT2D eigenvalue weighted by Gasteiger charge is 2.34. The van der Waals surface area contributed by atoms with Gasteiger partial charge in [-0.15, -0.1) is 0 Å². The maximum absolute atomic E-state index is 13.0. The molecule has 2 aliphatic rings. The summed E-state index contributed by atoms with van der Waals surface area (Å²) in [6, 6.07) is 12.7. The van der Waals surface area contributed by atoms with E-state index in [1.807, 2.05) is 4.90 Å². The second-order valence-electron chi connectivity index (χ2n) is 8.08. The van der Waals surface area contributed by atoms with Gasteiger partial charge >= 0.3 is 6.18 Å². The van der Waals surface area contributed by atoms with Crippen molar-refractivity contribution in [3.05, 3.63) is 69.7 Å². The van der Waals surface area contributed by atoms with E-state index in [-0.39, 0.29) is 23.8 Å². The number of alkyl halides is 3. The Bertz CT molecular complexity index is 931. The van der Waals surface area contributed by atoms with Crippen molar-refractivity contribution in [2.24, 2.45) is 0 Å². The Morgan fingerprint density at radius 2 is 1.87 bits per heavy atom. The second-order valence-corrected chi connectivity index (χ2v) is 8.49. The molecule has 0 aliphatic carbocycles. The summed E-state index contributed by atoms with van der Waals surface area (Å²) in [7, 11) is 0. The smallest absolute Gasteiger partial charge is 0.341 e. The Hall–Kier alpha value is -2.05. The van der Waals surface area contributed by atoms with Crippen LogP contribution in [0.5, 0.6) is 0 Å². The highest BCUT2D eigenvalue weighted by atomic mass is 35.5. The van der Waals surface area contributed by atoms with Crippen molar-refractivity contribution in [2.45, 2.75) is 44.4 Å². The molecule has 0 N–H and O–H groups in total. The molecule has 0 aromatic heterocycles. The van der Waals surface area contributed by atoms with Crippen molar-refractivity contribution in [3.63, 3.8) is 0 Å². The molecule has 2 aromatic carbocycles. The number of amides is 1. The van der Waals surface area contributed by atoms with Crippen molar-refractivity contribution < 1.29 is 18.0 Å². The number of likely N-dealkylation sites (tertiary alicyclic amines) is 1. The topological polar surface area (TPSA) is 23.6 Å². The Morgan fingerprint density at radius 3 is 2.63 bits per heavy atom. The van der Waals surface area contributed by atoms with Gasteiger partial charge in [0.2, 0.25) is 5.91 Å². The van der Waals surface area contributed by atoms with Gasteiger partial charge in [0, 0.05) is 38.6 Å². The first kappa shape index (κ1) is 21.2. The van der Waals surface area contributed by atoms with Crippen LogP contribution in [0.1, 0.15) is 35.1 Å². The number of nitrogens with zero attached hydrogens (tertiary/aromatic N) is 2. The lowest BCUT2D eigenvalue weighted by atomic mass is 9.98. The zero-order valence-corrected chi connectivity index (χ0v) is 17.3. The Kier molecular flexibility index (Phi) is 6.07. The molecule has 1 saturated heterocycles. The van der Waals surface area contributed by atoms with E-state index in [1.54, 1.807) is 6.07 Å². The molecule has 1 unspecified atom stereocenters. The maximum atomic E-state index is 13.0. The molecular weight excluding hydrogens is 413 g/mol. The fourth-order valence-electron chi connectivity index (χ4n) is 4.45. The quantitative estimate of drug-likeness (QED) is 0.677. The monoisotopic (exact) mass is 436 g/mol. The van der Waals surface area contributed by atoms with Crippen molar-refractivity contribution in [1.29, 1.82) is 0 Å². The van der Waals surface area contributed by atoms with Gasteiger partial charge < -0.3 is 4.90 Å². The third kappa shape index (κ3) is 4.65. The van der Waals surface area contributed by atoms with E-state index < -0.39 is 11.7 Å². The Balaban J connectivity index is 1.32. The summed E-state index contributed by atoms with van der Waals surface area (Å²) in [6.07, 6.45) is -2.05. The molecule has 0 saturated carbocycles. The van der Waals surface area contributed by atoms with Crippen LogP contribution < -0.4 is 0 Å². The SMILES string of the molecule is O=C(CCc1ccc(Cl)c(C(F)(F)F)c1)N1CCC(N2CCc3ccccc3C2)C1. The van der Waals surface area contributed by atoms with E-state index in [4.69, 9.17) is 11.6 Å². The standard InChI is InChI=1S/C23H24ClF3N2O/c24-21-7-5-16(13-20(21)23(25,26)27)6-8-22(30)29-12-10-19(15-29)28-11-9-17-3-1-2-4-18(17)14-28/h1-5,7,13,19H,6,8-12,14-15H2. The van der Waals surface area contributed by atoms with E-state index in [2.05, 4.69) is 29.2 Å². The molecule has 3 nitrogen and oxygen atoms in total. The predicted octanol–water partition coefficient (Wildman–Crippen LogP) is 4.95. The van der Waals surface area contributed by atoms with E-state index in [0.29, 0.717) is 24.7 Å². The average molecular weight is 437 g/mol. The highest BCUT2D eigenvalue weighted by molar-refractivity contribution is 6.31. The summed E-state index contributed by atoms with van der Waals surface area (Å²) in [4.78, 5) is 17.0. The zero-order valence-electron chi connectivity index (χ0n) is 16.6. The molecule has 2 heterocycles. The van der Waals surface area contributed by atoms with E-state index in [0.717, 1.165) is 32.0 Å². The molecule has 1 amide bonds. The van der Waals surface area contributed by atoms with Gasteiger partial charge in [-0.05, 0) is 48.1 Å². The number of carbonyl (C=O) groups is 1. The molecule has 0 spiro atoms. The van der Waals surface area contributed by atoms with Gasteiger partial charge in [0.05, 0.1) is 10.6 Å². The predicted molar refractivity (Wildman–Crippen MR) is 110 cm³/mol. The molecule has 4 rings (SSSR count). The molecule has 2 aliphatic heterocycles. The van der Waals surface area contributed by atoms with Crippen LogP contribution in [0.15, 0.2) is 42.5 Å². The van der Waals surface area contributed by atoms with Gasteiger partial charge in [0.15, 0.2) is 0 Å². The number of carbonyl (C=O) groups excluding carboxylic acids is 1. The molecule has 160 valence electrons. The summed E-state index contributed by atoms with van der Waals surface area (Å²) in [5, 5.41) is -0.317. The van der Waals surface area contributed by atoms with Crippen molar-refractivity contribution in [3.8, 4) is 0 Å². The third-order valence-corrected chi connectivity index (χ3v) is 6.49. The summed E-state index contributed by atoms with van der Waals surface area (Å²) in [5.74, 6) is -0.00146. The first-order valence-electron chi connectivity index (χ1n) is 10.3. The van der Waals surface area contributed by atoms with Crippen LogP contribution >= 0.6 is 11.6 Å². The van der Waals surface area contributed by atoms with Gasteiger partial charge in [-0.3, -0.25) is 9.69 Å². The summed E-state index contributed by atoms with van der Waals surface area (Å²) >= 11 is 5.67. The van der Waals surface area contributed by atoms with E-state index in [9.17, 15) is 18.0 Å². The van der Waals surface area contributed by atoms with Crippen LogP contribution in [0.2, 0.25) is 5.02 Å². The van der Waals surface area contributed by atoms with Crippen molar-refractivity contribution in [1.82, 2.24) is 9.80 Å². The lowest BCUT2D eigenvalue weighted by molar-refractivity contribution is -0.137. The lowest BCUT2D eigenvalue weighted by Crippen LogP contribution is -2.41. The highest BCUT2D eigenvalue weighted by Crippen LogP contribution is 2.35. The number of benzene rings is 2. The first-order chi connectivity index (χ1) is 14.3. The van der Waals surface area contributed by atoms with Crippen LogP contribution in [-0.2, 0) is 30.4 Å². The van der Waals surface area contributed by atoms with Crippen LogP contribution in [-0.4, -0.2) is 41.4 Å². The molecule has 2 aromatic rings. The summed E-state index contributed by atoms with van der Waals surface area (Å²) in [5.41, 5.74) is 2.39. The molecule has 30 heavy (non-hydrogen) atoms. The van der Waals surface area contributed by atoms with Crippen molar-refractivity contribution >= 4 is 17.5 Å². The normalized spacial score (nSPS) is 19.7. The summed E-state index contributed by atoms with van der Waals surface area (Å²) in [6.45, 7) is 3.30. The van der Waals surface area contributed by atoms with Gasteiger partial charge in [-0.25, -0.2) is 0 Å². The first-order valence-corrected chi connectivity index (χ1v) is 10.6. The third-order valence-electron chi connectivity index (χ3n) is 6.16. The number of fused-ring (bicyclic) bond motifs is 1. The molecule has 1 atom stereocenters. The number of hydrogen-bond acceptors (Lipinski definition) is 2. The molecule has 1 fully saturated rings. The number of rotatable bonds is 4. The van der Waals surface area contributed by atoms with Crippen molar-refractivity contribution in [2.75, 3.05) is 19.6 Å². The largest absolute Gasteiger partial charge is 0.417 e. The van der Waals surface area contributed by atoms with Gasteiger partial charge in [0.1, 0.15) is 0 Å². The fourth-order valence-corrected chi connectivity index (χ4v) is 4.67. The Labute approximate surface area is 179 Å². The van der Waals surface area contributed by atoms with Crippen LogP contribution in [0.4, 0.5) is 13.2 Å². The molecular formula is C23H24ClF3N2O. The molecule has 7 heteroatoms. The fraction of sp³-hybridized carbons (Fsp3) is 0.435. The van der Waals surface area contributed by atoms with Crippen LogP contribution in [0.25, 0.3) is 0 Å². The minimum absolute atomic E-state index is 0.00146. The van der Waals surface area contributed by atoms with E-state index in [1.165, 1.54) is 17.2 Å². The average Bonchev–Trinajstić information content (AvgIpc) is 3.22. The molecule has 0 bridgehead atoms. The minimum atomic E-state index is -4.49. The van der Waals surface area contributed by atoms with Gasteiger partial charge in [-0.2, -0.15) is 13.2 Å². The minimum Gasteiger partial charge on any atom is -0.341 e. The molecule has 0 radical (unpaired) electrons. The number of aryl methyl sites for hydroxylation is 1. The summed E-state index contributed by atoms with van der Waals surface area (Å²) < 4.78 is 39.1. The van der Waals surface area contributed by atoms with Gasteiger partial charge in [-0.1, -0.05) is 41.9 Å². The number of halogens is 4. The van der Waals surface area contributed by atoms with Gasteiger partial charge in [0.25, 0.3) is 0 Å². The maximum Gasteiger partial charge on any atom is 0.417 e. The second kappa shape index (κ2) is 8.60.